The van der Waals surface area contributed by atoms with Gasteiger partial charge in [0.1, 0.15) is 5.75 Å². The molecular formula is C29H31BrN2O7S. The largest absolute Gasteiger partial charge is 0.496 e. The summed E-state index contributed by atoms with van der Waals surface area (Å²) in [6.07, 6.45) is 3.07. The normalized spacial score (nSPS) is 14.9. The third-order valence-corrected chi connectivity index (χ3v) is 7.97. The minimum atomic E-state index is -0.735. The first-order chi connectivity index (χ1) is 19.3. The van der Waals surface area contributed by atoms with E-state index < -0.39 is 12.0 Å². The third-order valence-electron chi connectivity index (χ3n) is 6.37. The molecule has 3 aromatic rings. The molecule has 0 amide bonds. The van der Waals surface area contributed by atoms with Gasteiger partial charge in [0, 0.05) is 0 Å². The molecule has 9 nitrogen and oxygen atoms in total. The van der Waals surface area contributed by atoms with Gasteiger partial charge in [0.2, 0.25) is 5.75 Å². The lowest BCUT2D eigenvalue weighted by atomic mass is 9.94. The number of carbonyl (C=O) groups excluding carboxylic acids is 1. The summed E-state index contributed by atoms with van der Waals surface area (Å²) in [6.45, 7) is 3.97. The average Bonchev–Trinajstić information content (AvgIpc) is 3.25. The van der Waals surface area contributed by atoms with E-state index in [-0.39, 0.29) is 12.2 Å². The number of allylic oxidation sites excluding steroid dienone is 1. The molecule has 0 aliphatic carbocycles. The number of aromatic nitrogens is 1. The predicted octanol–water partition coefficient (Wildman–Crippen LogP) is 4.38. The standard InChI is InChI=1S/C29H31BrN2O7S/c1-7-9-19-24(28(34)39-8-2)25(17-10-11-20(35-3)18(30)15-17)32-27(33)23(40-29(32)31-19)14-16-12-21(36-4)26(38-6)22(13-16)37-5/h10-15,25H,7-9H2,1-6H3/b23-14-/t25-/m1/s1. The summed E-state index contributed by atoms with van der Waals surface area (Å²) < 4.78 is 30.0. The van der Waals surface area contributed by atoms with Crippen LogP contribution in [0.3, 0.4) is 0 Å². The van der Waals surface area contributed by atoms with Crippen LogP contribution in [0.1, 0.15) is 43.9 Å². The lowest BCUT2D eigenvalue weighted by Gasteiger charge is -2.26. The first kappa shape index (κ1) is 29.4. The molecule has 2 aromatic carbocycles. The quantitative estimate of drug-likeness (QED) is 0.307. The van der Waals surface area contributed by atoms with Gasteiger partial charge in [-0.05, 0) is 70.7 Å². The minimum Gasteiger partial charge on any atom is -0.496 e. The van der Waals surface area contributed by atoms with Gasteiger partial charge in [-0.25, -0.2) is 9.79 Å². The first-order valence-corrected chi connectivity index (χ1v) is 14.3. The van der Waals surface area contributed by atoms with Crippen molar-refractivity contribution in [3.8, 4) is 23.0 Å². The summed E-state index contributed by atoms with van der Waals surface area (Å²) in [5.74, 6) is 1.53. The summed E-state index contributed by atoms with van der Waals surface area (Å²) in [5.41, 5.74) is 2.08. The number of hydrogen-bond acceptors (Lipinski definition) is 9. The van der Waals surface area contributed by atoms with Gasteiger partial charge in [0.05, 0.1) is 61.4 Å². The van der Waals surface area contributed by atoms with Gasteiger partial charge in [-0.1, -0.05) is 30.7 Å². The van der Waals surface area contributed by atoms with Crippen LogP contribution in [0.25, 0.3) is 6.08 Å². The van der Waals surface area contributed by atoms with Gasteiger partial charge >= 0.3 is 5.97 Å². The zero-order chi connectivity index (χ0) is 29.0. The molecule has 0 N–H and O–H groups in total. The smallest absolute Gasteiger partial charge is 0.338 e. The molecule has 0 bridgehead atoms. The number of nitrogens with zero attached hydrogens (tertiary/aromatic N) is 2. The van der Waals surface area contributed by atoms with Gasteiger partial charge in [-0.15, -0.1) is 0 Å². The Morgan fingerprint density at radius 3 is 2.25 bits per heavy atom. The fourth-order valence-corrected chi connectivity index (χ4v) is 6.20. The Balaban J connectivity index is 2.00. The number of halogens is 1. The molecule has 1 atom stereocenters. The van der Waals surface area contributed by atoms with Crippen LogP contribution in [-0.2, 0) is 9.53 Å². The summed E-state index contributed by atoms with van der Waals surface area (Å²) in [6, 6.07) is 8.30. The zero-order valence-electron chi connectivity index (χ0n) is 23.2. The van der Waals surface area contributed by atoms with Crippen LogP contribution in [-0.4, -0.2) is 45.6 Å². The molecule has 1 aliphatic heterocycles. The van der Waals surface area contributed by atoms with E-state index in [2.05, 4.69) is 15.9 Å². The van der Waals surface area contributed by atoms with Crippen molar-refractivity contribution < 1.29 is 28.5 Å². The second-order valence-electron chi connectivity index (χ2n) is 8.77. The third kappa shape index (κ3) is 5.53. The van der Waals surface area contributed by atoms with Crippen molar-refractivity contribution in [3.05, 3.63) is 76.9 Å². The van der Waals surface area contributed by atoms with Crippen molar-refractivity contribution in [2.24, 2.45) is 4.99 Å². The van der Waals surface area contributed by atoms with Crippen LogP contribution < -0.4 is 33.8 Å². The van der Waals surface area contributed by atoms with Gasteiger partial charge in [-0.3, -0.25) is 9.36 Å². The fraction of sp³-hybridized carbons (Fsp3) is 0.345. The van der Waals surface area contributed by atoms with Gasteiger partial charge in [0.25, 0.3) is 5.56 Å². The maximum Gasteiger partial charge on any atom is 0.338 e. The molecule has 0 saturated heterocycles. The molecule has 0 unspecified atom stereocenters. The SMILES string of the molecule is CCCC1=C(C(=O)OCC)[C@@H](c2ccc(OC)c(Br)c2)n2c(s/c(=C\c3cc(OC)c(OC)c(OC)c3)c2=O)=N1. The fourth-order valence-electron chi connectivity index (χ4n) is 4.63. The molecule has 0 fully saturated rings. The van der Waals surface area contributed by atoms with Crippen LogP contribution in [0, 0.1) is 0 Å². The van der Waals surface area contributed by atoms with E-state index in [1.165, 1.54) is 32.7 Å². The van der Waals surface area contributed by atoms with Crippen molar-refractivity contribution in [1.29, 1.82) is 0 Å². The van der Waals surface area contributed by atoms with Crippen molar-refractivity contribution in [1.82, 2.24) is 4.57 Å². The Morgan fingerprint density at radius 2 is 1.70 bits per heavy atom. The minimum absolute atomic E-state index is 0.201. The van der Waals surface area contributed by atoms with E-state index in [1.807, 2.05) is 19.1 Å². The van der Waals surface area contributed by atoms with Crippen LogP contribution in [0.4, 0.5) is 0 Å². The number of esters is 1. The van der Waals surface area contributed by atoms with E-state index in [0.717, 1.165) is 12.0 Å². The summed E-state index contributed by atoms with van der Waals surface area (Å²) in [5, 5.41) is 0. The summed E-state index contributed by atoms with van der Waals surface area (Å²) in [7, 11) is 6.18. The van der Waals surface area contributed by atoms with E-state index in [0.29, 0.717) is 60.1 Å². The Bertz CT molecular complexity index is 1620. The lowest BCUT2D eigenvalue weighted by Crippen LogP contribution is -2.40. The number of benzene rings is 2. The molecule has 0 radical (unpaired) electrons. The van der Waals surface area contributed by atoms with Gasteiger partial charge in [0.15, 0.2) is 16.3 Å². The first-order valence-electron chi connectivity index (χ1n) is 12.7. The molecule has 11 heteroatoms. The average molecular weight is 632 g/mol. The van der Waals surface area contributed by atoms with E-state index in [9.17, 15) is 9.59 Å². The Morgan fingerprint density at radius 1 is 1.02 bits per heavy atom. The topological polar surface area (TPSA) is 97.6 Å². The number of fused-ring (bicyclic) bond motifs is 1. The number of methoxy groups -OCH3 is 4. The highest BCUT2D eigenvalue weighted by atomic mass is 79.9. The van der Waals surface area contributed by atoms with Crippen molar-refractivity contribution in [2.45, 2.75) is 32.7 Å². The van der Waals surface area contributed by atoms with Crippen molar-refractivity contribution >= 4 is 39.3 Å². The Labute approximate surface area is 244 Å². The predicted molar refractivity (Wildman–Crippen MR) is 156 cm³/mol. The van der Waals surface area contributed by atoms with E-state index >= 15 is 0 Å². The molecule has 4 rings (SSSR count). The van der Waals surface area contributed by atoms with Crippen molar-refractivity contribution in [3.63, 3.8) is 0 Å². The lowest BCUT2D eigenvalue weighted by molar-refractivity contribution is -0.139. The molecular weight excluding hydrogens is 600 g/mol. The molecule has 1 aromatic heterocycles. The Kier molecular flexibility index (Phi) is 9.36. The van der Waals surface area contributed by atoms with Crippen LogP contribution >= 0.6 is 27.3 Å². The number of ether oxygens (including phenoxy) is 5. The second-order valence-corrected chi connectivity index (χ2v) is 10.6. The number of rotatable bonds is 10. The highest BCUT2D eigenvalue weighted by molar-refractivity contribution is 9.10. The Hall–Kier alpha value is -3.57. The number of hydrogen-bond donors (Lipinski definition) is 0. The highest BCUT2D eigenvalue weighted by Crippen LogP contribution is 2.39. The second kappa shape index (κ2) is 12.7. The van der Waals surface area contributed by atoms with Crippen LogP contribution in [0.5, 0.6) is 23.0 Å². The monoisotopic (exact) mass is 630 g/mol. The zero-order valence-corrected chi connectivity index (χ0v) is 25.6. The van der Waals surface area contributed by atoms with E-state index in [4.69, 9.17) is 28.7 Å². The van der Waals surface area contributed by atoms with Gasteiger partial charge < -0.3 is 23.7 Å². The maximum absolute atomic E-state index is 14.0. The summed E-state index contributed by atoms with van der Waals surface area (Å²) in [4.78, 5) is 32.7. The number of thiazole rings is 1. The van der Waals surface area contributed by atoms with E-state index in [1.54, 1.807) is 42.9 Å². The molecule has 0 spiro atoms. The van der Waals surface area contributed by atoms with Gasteiger partial charge in [-0.2, -0.15) is 0 Å². The molecule has 212 valence electrons. The van der Waals surface area contributed by atoms with Crippen LogP contribution in [0.2, 0.25) is 0 Å². The molecule has 40 heavy (non-hydrogen) atoms. The summed E-state index contributed by atoms with van der Waals surface area (Å²) >= 11 is 4.80. The highest BCUT2D eigenvalue weighted by Gasteiger charge is 2.34. The van der Waals surface area contributed by atoms with Crippen molar-refractivity contribution in [2.75, 3.05) is 35.0 Å². The molecule has 2 heterocycles. The van der Waals surface area contributed by atoms with Crippen LogP contribution in [0.15, 0.2) is 55.9 Å². The molecule has 0 saturated carbocycles. The maximum atomic E-state index is 14.0. The number of carbonyl (C=O) groups is 1. The molecule has 1 aliphatic rings.